The third kappa shape index (κ3) is 15.1. The van der Waals surface area contributed by atoms with Crippen molar-refractivity contribution in [1.82, 2.24) is 14.8 Å². The van der Waals surface area contributed by atoms with Crippen LogP contribution in [0.3, 0.4) is 0 Å². The number of pyridine rings is 1. The minimum absolute atomic E-state index is 0.0252. The van der Waals surface area contributed by atoms with Gasteiger partial charge in [-0.3, -0.25) is 19.2 Å². The van der Waals surface area contributed by atoms with E-state index < -0.39 is 113 Å². The number of hydrogen-bond donors (Lipinski definition) is 5. The normalized spacial score (nSPS) is 35.9. The fourth-order valence-corrected chi connectivity index (χ4v) is 11.4. The van der Waals surface area contributed by atoms with E-state index >= 15 is 0 Å². The van der Waals surface area contributed by atoms with Gasteiger partial charge in [-0.05, 0) is 112 Å². The molecule has 0 saturated carbocycles. The van der Waals surface area contributed by atoms with Crippen molar-refractivity contribution in [3.05, 3.63) is 45.7 Å². The number of aromatic carboxylic acids is 1. The third-order valence-corrected chi connectivity index (χ3v) is 16.5. The molecule has 0 radical (unpaired) electrons. The molecule has 3 saturated heterocycles. The molecule has 0 bridgehead atoms. The predicted molar refractivity (Wildman–Crippen MR) is 283 cm³/mol. The summed E-state index contributed by atoms with van der Waals surface area (Å²) in [6, 6.07) is 5.12. The molecule has 1 aromatic heterocycles. The van der Waals surface area contributed by atoms with Gasteiger partial charge in [-0.15, -0.1) is 0 Å². The summed E-state index contributed by atoms with van der Waals surface area (Å²) >= 11 is 0. The summed E-state index contributed by atoms with van der Waals surface area (Å²) in [5.74, 6) is -5.86. The molecule has 3 aliphatic heterocycles. The smallest absolute Gasteiger partial charge is 0.341 e. The van der Waals surface area contributed by atoms with Crippen LogP contribution in [0.25, 0.3) is 10.9 Å². The highest BCUT2D eigenvalue weighted by Gasteiger charge is 2.54. The minimum atomic E-state index is -2.02. The van der Waals surface area contributed by atoms with E-state index in [0.717, 1.165) is 5.56 Å². The number of benzene rings is 1. The van der Waals surface area contributed by atoms with Crippen LogP contribution in [0.15, 0.2) is 29.2 Å². The lowest BCUT2D eigenvalue weighted by Crippen LogP contribution is -2.61. The number of fused-ring (bicyclic) bond motifs is 1. The molecule has 2 aromatic rings. The van der Waals surface area contributed by atoms with Gasteiger partial charge in [0.05, 0.1) is 60.6 Å². The fraction of sp³-hybridized carbons (Fsp3) is 0.768. The Kier molecular flexibility index (Phi) is 22.8. The number of ether oxygens (including phenoxy) is 9. The van der Waals surface area contributed by atoms with Gasteiger partial charge in [-0.1, -0.05) is 26.8 Å². The number of rotatable bonds is 20. The monoisotopic (exact) mass is 1090 g/mol. The maximum Gasteiger partial charge on any atom is 0.341 e. The molecule has 21 heteroatoms. The van der Waals surface area contributed by atoms with Crippen molar-refractivity contribution in [2.24, 2.45) is 17.8 Å². The fourth-order valence-electron chi connectivity index (χ4n) is 11.4. The van der Waals surface area contributed by atoms with Crippen molar-refractivity contribution in [3.8, 4) is 0 Å². The number of nitrogens with one attached hydrogen (secondary N) is 1. The zero-order valence-electron chi connectivity index (χ0n) is 47.8. The number of aryl methyl sites for hydroxylation is 1. The number of esters is 2. The van der Waals surface area contributed by atoms with Crippen molar-refractivity contribution in [3.63, 3.8) is 0 Å². The second-order valence-electron chi connectivity index (χ2n) is 22.4. The van der Waals surface area contributed by atoms with Gasteiger partial charge in [0.1, 0.15) is 34.8 Å². The quantitative estimate of drug-likeness (QED) is 0.0926. The average molecular weight is 1090 g/mol. The van der Waals surface area contributed by atoms with Crippen LogP contribution >= 0.6 is 0 Å². The number of methoxy groups -OCH3 is 3. The summed E-state index contributed by atoms with van der Waals surface area (Å²) in [7, 11) is 8.25. The molecule has 21 nitrogen and oxygen atoms in total. The summed E-state index contributed by atoms with van der Waals surface area (Å²) in [6.45, 7) is 16.8. The molecule has 17 atom stereocenters. The molecule has 4 heterocycles. The molecule has 0 aliphatic carbocycles. The second-order valence-corrected chi connectivity index (χ2v) is 22.4. The van der Waals surface area contributed by atoms with Crippen LogP contribution in [0.1, 0.15) is 123 Å². The number of aliphatic hydroxyl groups is 3. The highest BCUT2D eigenvalue weighted by molar-refractivity contribution is 5.92. The van der Waals surface area contributed by atoms with E-state index in [1.54, 1.807) is 52.4 Å². The number of hydrogen-bond acceptors (Lipinski definition) is 19. The van der Waals surface area contributed by atoms with Crippen LogP contribution in [0.2, 0.25) is 0 Å². The summed E-state index contributed by atoms with van der Waals surface area (Å²) in [6.07, 6.45) is -7.00. The Morgan fingerprint density at radius 1 is 0.922 bits per heavy atom. The number of aliphatic hydroxyl groups excluding tert-OH is 2. The Labute approximate surface area is 453 Å². The van der Waals surface area contributed by atoms with E-state index in [-0.39, 0.29) is 55.6 Å². The molecular weight excluding hydrogens is 1000 g/mol. The number of carbonyl (C=O) groups excluding carboxylic acids is 3. The molecule has 5 N–H and O–H groups in total. The second kappa shape index (κ2) is 27.5. The number of Topliss-reactive ketones (excluding diaryl/α,β-unsaturated/α-hetero) is 1. The van der Waals surface area contributed by atoms with E-state index in [4.69, 9.17) is 42.6 Å². The summed E-state index contributed by atoms with van der Waals surface area (Å²) in [5, 5.41) is 48.3. The number of carbonyl (C=O) groups is 4. The van der Waals surface area contributed by atoms with Crippen molar-refractivity contribution >= 4 is 34.6 Å². The van der Waals surface area contributed by atoms with Crippen LogP contribution in [0.4, 0.5) is 0 Å². The molecule has 0 spiro atoms. The first kappa shape index (κ1) is 63.9. The lowest BCUT2D eigenvalue weighted by molar-refractivity contribution is -0.319. The number of carboxylic acids is 1. The topological polar surface area (TPSA) is 270 Å². The first-order chi connectivity index (χ1) is 36.2. The van der Waals surface area contributed by atoms with Gasteiger partial charge in [0.25, 0.3) is 0 Å². The van der Waals surface area contributed by atoms with Gasteiger partial charge in [0.15, 0.2) is 18.7 Å². The number of nitrogens with zero attached hydrogens (tertiary/aromatic N) is 2. The highest BCUT2D eigenvalue weighted by atomic mass is 16.7. The van der Waals surface area contributed by atoms with Crippen LogP contribution in [-0.4, -0.2) is 193 Å². The Hall–Kier alpha value is -3.97. The van der Waals surface area contributed by atoms with E-state index in [1.165, 1.54) is 34.3 Å². The molecule has 5 rings (SSSR count). The van der Waals surface area contributed by atoms with Gasteiger partial charge in [-0.2, -0.15) is 0 Å². The SMILES string of the molecule is CC[C@H]1OC(=O)[C@H](C)[C@@H](O[C@H]2C[C@@](C)(OC)[C@@H](OC(=O)CCNCCCc3ccc4c(c3)c(=O)c(C(=O)O)cn4CCOC)[C@H](C)O2)[C@H](C)[C@@H](O[C@@H]2O[C@H](C)C[C@H](N(C)C)[C@@H]2O)[C@](C)(OC)CCC(=O)[C@H](C)[C@@H](O)[C@]1(C)O. The van der Waals surface area contributed by atoms with Gasteiger partial charge in [0, 0.05) is 76.7 Å². The summed E-state index contributed by atoms with van der Waals surface area (Å²) in [5.41, 5.74) is -3.86. The van der Waals surface area contributed by atoms with Gasteiger partial charge in [-0.25, -0.2) is 4.79 Å². The van der Waals surface area contributed by atoms with Crippen LogP contribution in [0.5, 0.6) is 0 Å². The molecule has 436 valence electrons. The maximum atomic E-state index is 14.5. The summed E-state index contributed by atoms with van der Waals surface area (Å²) in [4.78, 5) is 68.8. The lowest BCUT2D eigenvalue weighted by atomic mass is 9.76. The Morgan fingerprint density at radius 2 is 1.61 bits per heavy atom. The number of ketones is 1. The molecular formula is C56H89N3O18. The summed E-state index contributed by atoms with van der Waals surface area (Å²) < 4.78 is 58.0. The predicted octanol–water partition coefficient (Wildman–Crippen LogP) is 4.02. The molecule has 1 aromatic carbocycles. The lowest BCUT2D eigenvalue weighted by Gasteiger charge is -2.49. The Balaban J connectivity index is 1.33. The van der Waals surface area contributed by atoms with Gasteiger partial charge in [0.2, 0.25) is 5.43 Å². The number of likely N-dealkylation sites (N-methyl/N-ethyl adjacent to an activating group) is 1. The number of aromatic nitrogens is 1. The van der Waals surface area contributed by atoms with Crippen molar-refractivity contribution < 1.29 is 82.2 Å². The van der Waals surface area contributed by atoms with Crippen LogP contribution < -0.4 is 10.7 Å². The zero-order valence-corrected chi connectivity index (χ0v) is 47.8. The van der Waals surface area contributed by atoms with E-state index in [0.29, 0.717) is 56.4 Å². The Bertz CT molecular complexity index is 2360. The average Bonchev–Trinajstić information content (AvgIpc) is 3.39. The Morgan fingerprint density at radius 3 is 2.23 bits per heavy atom. The van der Waals surface area contributed by atoms with Gasteiger partial charge < -0.3 is 77.8 Å². The standard InChI is InChI=1S/C56H89N3O18/c1-15-42-56(9,68)48(64)32(3)41(60)20-22-54(7,70-13)49(77-53-46(63)40(58(10)11)27-31(2)72-53)33(4)47(34(5)52(67)74-42)76-44-29-55(8,71-14)50(35(6)73-44)75-43(61)21-24-57-23-16-17-36-18-19-39-37(28-36)45(62)38(51(65)66)30-59(39)25-26-69-12/h18-19,28,30-35,40,42,44,46-50,53,57,63-64,68H,15-17,20-27,29H2,1-14H3,(H,65,66)/t31-,32+,33+,34-,35+,40+,42-,44+,46+,47+,48-,49-,50+,53+,54-,55-,56-/m1/s1. The first-order valence-electron chi connectivity index (χ1n) is 27.2. The maximum absolute atomic E-state index is 14.5. The molecule has 3 fully saturated rings. The molecule has 3 aliphatic rings. The van der Waals surface area contributed by atoms with E-state index in [2.05, 4.69) is 5.32 Å². The third-order valence-electron chi connectivity index (χ3n) is 16.5. The van der Waals surface area contributed by atoms with Crippen LogP contribution in [-0.2, 0) is 70.0 Å². The van der Waals surface area contributed by atoms with Crippen molar-refractivity contribution in [2.45, 2.75) is 204 Å². The molecule has 0 unspecified atom stereocenters. The van der Waals surface area contributed by atoms with E-state index in [1.807, 2.05) is 45.0 Å². The first-order valence-corrected chi connectivity index (χ1v) is 27.2. The minimum Gasteiger partial charge on any atom is -0.477 e. The van der Waals surface area contributed by atoms with Crippen LogP contribution in [0, 0.1) is 17.8 Å². The molecule has 77 heavy (non-hydrogen) atoms. The van der Waals surface area contributed by atoms with Crippen molar-refractivity contribution in [1.29, 1.82) is 0 Å². The number of cyclic esters (lactones) is 1. The molecule has 0 amide bonds. The van der Waals surface area contributed by atoms with Crippen molar-refractivity contribution in [2.75, 3.05) is 55.1 Å². The highest BCUT2D eigenvalue weighted by Crippen LogP contribution is 2.42. The number of carboxylic acid groups (broad SMARTS) is 1. The van der Waals surface area contributed by atoms with E-state index in [9.17, 15) is 44.4 Å². The van der Waals surface area contributed by atoms with Gasteiger partial charge >= 0.3 is 17.9 Å². The largest absolute Gasteiger partial charge is 0.477 e. The zero-order chi connectivity index (χ0) is 57.3.